The molecule has 64 heavy (non-hydrogen) atoms. The molecular formula is C58H94O6. The van der Waals surface area contributed by atoms with E-state index in [4.69, 9.17) is 14.2 Å². The smallest absolute Gasteiger partial charge is 0.306 e. The predicted molar refractivity (Wildman–Crippen MR) is 274 cm³/mol. The van der Waals surface area contributed by atoms with E-state index >= 15 is 0 Å². The highest BCUT2D eigenvalue weighted by molar-refractivity contribution is 5.71. The molecule has 6 heteroatoms. The van der Waals surface area contributed by atoms with E-state index in [0.29, 0.717) is 25.7 Å². The maximum absolute atomic E-state index is 12.8. The van der Waals surface area contributed by atoms with Crippen molar-refractivity contribution in [1.29, 1.82) is 0 Å². The van der Waals surface area contributed by atoms with Crippen molar-refractivity contribution < 1.29 is 28.6 Å². The molecule has 0 bridgehead atoms. The molecule has 0 aromatic heterocycles. The van der Waals surface area contributed by atoms with Crippen molar-refractivity contribution in [3.05, 3.63) is 109 Å². The SMILES string of the molecule is CC/C=C\C/C=C\C/C=C\C/C=C\CCCCC(=O)OCC(COC(=O)CCCCCCC/C=C\CCCCCCCCC)OC(=O)CCCC/C=C\C/C=C\C/C=C\C/C=C\CC. The lowest BCUT2D eigenvalue weighted by Gasteiger charge is -2.18. The van der Waals surface area contributed by atoms with Gasteiger partial charge in [-0.2, -0.15) is 0 Å². The third-order valence-corrected chi connectivity index (χ3v) is 10.5. The Labute approximate surface area is 393 Å². The zero-order valence-corrected chi connectivity index (χ0v) is 41.3. The van der Waals surface area contributed by atoms with Gasteiger partial charge in [-0.25, -0.2) is 0 Å². The lowest BCUT2D eigenvalue weighted by atomic mass is 10.1. The van der Waals surface area contributed by atoms with Crippen LogP contribution in [0.4, 0.5) is 0 Å². The Morgan fingerprint density at radius 2 is 0.609 bits per heavy atom. The zero-order valence-electron chi connectivity index (χ0n) is 41.3. The molecule has 0 heterocycles. The van der Waals surface area contributed by atoms with Gasteiger partial charge in [0.1, 0.15) is 13.2 Å². The largest absolute Gasteiger partial charge is 0.462 e. The van der Waals surface area contributed by atoms with Crippen molar-refractivity contribution in [3.8, 4) is 0 Å². The Bertz CT molecular complexity index is 1340. The number of ether oxygens (including phenoxy) is 3. The van der Waals surface area contributed by atoms with Gasteiger partial charge in [0, 0.05) is 19.3 Å². The van der Waals surface area contributed by atoms with Gasteiger partial charge in [-0.1, -0.05) is 188 Å². The van der Waals surface area contributed by atoms with E-state index in [1.54, 1.807) is 0 Å². The number of carbonyl (C=O) groups excluding carboxylic acids is 3. The van der Waals surface area contributed by atoms with Gasteiger partial charge in [-0.3, -0.25) is 14.4 Å². The Morgan fingerprint density at radius 1 is 0.328 bits per heavy atom. The quantitative estimate of drug-likeness (QED) is 0.0262. The number of carbonyl (C=O) groups is 3. The molecule has 0 spiro atoms. The molecule has 0 aromatic rings. The highest BCUT2D eigenvalue weighted by Crippen LogP contribution is 2.12. The van der Waals surface area contributed by atoms with Gasteiger partial charge in [0.15, 0.2) is 6.10 Å². The number of esters is 3. The fraction of sp³-hybridized carbons (Fsp3) is 0.638. The highest BCUT2D eigenvalue weighted by Gasteiger charge is 2.19. The molecule has 0 aliphatic carbocycles. The van der Waals surface area contributed by atoms with Gasteiger partial charge in [0.2, 0.25) is 0 Å². The molecule has 362 valence electrons. The summed E-state index contributed by atoms with van der Waals surface area (Å²) in [7, 11) is 0. The average molecular weight is 887 g/mol. The van der Waals surface area contributed by atoms with Crippen molar-refractivity contribution in [2.24, 2.45) is 0 Å². The van der Waals surface area contributed by atoms with Gasteiger partial charge >= 0.3 is 17.9 Å². The van der Waals surface area contributed by atoms with E-state index in [2.05, 4.69) is 130 Å². The molecule has 0 aliphatic rings. The molecule has 0 radical (unpaired) electrons. The van der Waals surface area contributed by atoms with Crippen LogP contribution in [0.1, 0.15) is 220 Å². The second-order valence-electron chi connectivity index (χ2n) is 16.7. The van der Waals surface area contributed by atoms with Crippen LogP contribution >= 0.6 is 0 Å². The Hall–Kier alpha value is -3.93. The summed E-state index contributed by atoms with van der Waals surface area (Å²) in [5.41, 5.74) is 0. The number of allylic oxidation sites excluding steroid dienone is 18. The van der Waals surface area contributed by atoms with Crippen LogP contribution in [-0.2, 0) is 28.6 Å². The number of hydrogen-bond donors (Lipinski definition) is 0. The lowest BCUT2D eigenvalue weighted by Crippen LogP contribution is -2.30. The summed E-state index contributed by atoms with van der Waals surface area (Å²) < 4.78 is 16.7. The van der Waals surface area contributed by atoms with Crippen molar-refractivity contribution in [2.75, 3.05) is 13.2 Å². The van der Waals surface area contributed by atoms with E-state index in [1.165, 1.54) is 57.8 Å². The Morgan fingerprint density at radius 3 is 1.00 bits per heavy atom. The number of unbranched alkanes of at least 4 members (excludes halogenated alkanes) is 16. The summed E-state index contributed by atoms with van der Waals surface area (Å²) in [6.07, 6.45) is 69.3. The van der Waals surface area contributed by atoms with Crippen LogP contribution in [0.2, 0.25) is 0 Å². The van der Waals surface area contributed by atoms with Crippen LogP contribution in [0.3, 0.4) is 0 Å². The van der Waals surface area contributed by atoms with Gasteiger partial charge in [-0.05, 0) is 122 Å². The molecular weight excluding hydrogens is 793 g/mol. The minimum absolute atomic E-state index is 0.114. The second-order valence-corrected chi connectivity index (χ2v) is 16.7. The molecule has 0 amide bonds. The van der Waals surface area contributed by atoms with Crippen molar-refractivity contribution >= 4 is 17.9 Å². The summed E-state index contributed by atoms with van der Waals surface area (Å²) in [5.74, 6) is -1.01. The molecule has 1 atom stereocenters. The normalized spacial score (nSPS) is 13.0. The third kappa shape index (κ3) is 49.1. The second kappa shape index (κ2) is 51.7. The first kappa shape index (κ1) is 60.1. The van der Waals surface area contributed by atoms with Crippen LogP contribution in [0.5, 0.6) is 0 Å². The Balaban J connectivity index is 4.54. The van der Waals surface area contributed by atoms with Crippen LogP contribution in [0.25, 0.3) is 0 Å². The van der Waals surface area contributed by atoms with Crippen molar-refractivity contribution in [1.82, 2.24) is 0 Å². The van der Waals surface area contributed by atoms with Gasteiger partial charge in [0.25, 0.3) is 0 Å². The summed E-state index contributed by atoms with van der Waals surface area (Å²) >= 11 is 0. The van der Waals surface area contributed by atoms with E-state index < -0.39 is 6.10 Å². The standard InChI is InChI=1S/C58H94O6/c1-4-7-10-13-16-19-22-25-28-31-33-36-39-42-45-48-51-57(60)63-54-55(64-58(61)52-49-46-43-40-37-34-30-27-24-21-18-15-12-9-6-3)53-62-56(59)50-47-44-41-38-35-32-29-26-23-20-17-14-11-8-5-2/h8-9,11-12,17-18,20-21,26-31,35,37-38,40,55H,4-7,10,13-16,19,22-25,32-34,36,39,41-54H2,1-3H3/b11-8-,12-9-,20-17-,21-18-,29-26-,30-27-,31-28-,38-35-,40-37-. The molecule has 0 aliphatic heterocycles. The fourth-order valence-electron chi connectivity index (χ4n) is 6.65. The molecule has 0 saturated heterocycles. The van der Waals surface area contributed by atoms with E-state index in [1.807, 2.05) is 0 Å². The highest BCUT2D eigenvalue weighted by atomic mass is 16.6. The molecule has 0 N–H and O–H groups in total. The van der Waals surface area contributed by atoms with E-state index in [0.717, 1.165) is 109 Å². The fourth-order valence-corrected chi connectivity index (χ4v) is 6.65. The minimum atomic E-state index is -0.821. The molecule has 0 saturated carbocycles. The lowest BCUT2D eigenvalue weighted by molar-refractivity contribution is -0.167. The first-order chi connectivity index (χ1) is 31.5. The molecule has 0 aromatic carbocycles. The maximum Gasteiger partial charge on any atom is 0.306 e. The first-order valence-corrected chi connectivity index (χ1v) is 25.9. The van der Waals surface area contributed by atoms with Crippen molar-refractivity contribution in [3.63, 3.8) is 0 Å². The van der Waals surface area contributed by atoms with Crippen LogP contribution in [0.15, 0.2) is 109 Å². The van der Waals surface area contributed by atoms with Crippen LogP contribution < -0.4 is 0 Å². The summed E-state index contributed by atoms with van der Waals surface area (Å²) in [6.45, 7) is 6.31. The summed E-state index contributed by atoms with van der Waals surface area (Å²) in [6, 6.07) is 0. The molecule has 1 unspecified atom stereocenters. The molecule has 0 fully saturated rings. The Kier molecular flexibility index (Phi) is 48.5. The summed E-state index contributed by atoms with van der Waals surface area (Å²) in [5, 5.41) is 0. The number of rotatable bonds is 45. The average Bonchev–Trinajstić information content (AvgIpc) is 3.29. The molecule has 0 rings (SSSR count). The maximum atomic E-state index is 12.8. The van der Waals surface area contributed by atoms with Gasteiger partial charge in [-0.15, -0.1) is 0 Å². The van der Waals surface area contributed by atoms with E-state index in [9.17, 15) is 14.4 Å². The monoisotopic (exact) mass is 887 g/mol. The number of hydrogen-bond acceptors (Lipinski definition) is 6. The summed E-state index contributed by atoms with van der Waals surface area (Å²) in [4.78, 5) is 38.0. The zero-order chi connectivity index (χ0) is 46.5. The van der Waals surface area contributed by atoms with Crippen LogP contribution in [-0.4, -0.2) is 37.2 Å². The first-order valence-electron chi connectivity index (χ1n) is 25.9. The van der Waals surface area contributed by atoms with Crippen LogP contribution in [0, 0.1) is 0 Å². The topological polar surface area (TPSA) is 78.9 Å². The predicted octanol–water partition coefficient (Wildman–Crippen LogP) is 17.1. The van der Waals surface area contributed by atoms with Crippen molar-refractivity contribution in [2.45, 2.75) is 226 Å². The molecule has 6 nitrogen and oxygen atoms in total. The minimum Gasteiger partial charge on any atom is -0.462 e. The third-order valence-electron chi connectivity index (χ3n) is 10.5. The van der Waals surface area contributed by atoms with Gasteiger partial charge in [0.05, 0.1) is 0 Å². The van der Waals surface area contributed by atoms with E-state index in [-0.39, 0.29) is 37.5 Å². The van der Waals surface area contributed by atoms with Gasteiger partial charge < -0.3 is 14.2 Å².